The zero-order valence-corrected chi connectivity index (χ0v) is 8.98. The van der Waals surface area contributed by atoms with Gasteiger partial charge in [0.15, 0.2) is 11.6 Å². The summed E-state index contributed by atoms with van der Waals surface area (Å²) < 4.78 is 25.9. The minimum atomic E-state index is -0.959. The van der Waals surface area contributed by atoms with Gasteiger partial charge in [-0.3, -0.25) is 10.1 Å². The Labute approximate surface area is 96.9 Å². The lowest BCUT2D eigenvalue weighted by molar-refractivity contribution is -0.526. The predicted molar refractivity (Wildman–Crippen MR) is 58.3 cm³/mol. The molecule has 0 bridgehead atoms. The molecular weight excluding hydrogens is 228 g/mol. The van der Waals surface area contributed by atoms with Gasteiger partial charge in [-0.25, -0.2) is 8.78 Å². The zero-order valence-electron chi connectivity index (χ0n) is 8.98. The molecule has 0 N–H and O–H groups in total. The maximum Gasteiger partial charge on any atom is 0.223 e. The molecule has 2 unspecified atom stereocenters. The van der Waals surface area contributed by atoms with Crippen LogP contribution < -0.4 is 0 Å². The van der Waals surface area contributed by atoms with E-state index in [0.717, 1.165) is 12.1 Å². The Hall–Kier alpha value is -1.78. The van der Waals surface area contributed by atoms with Gasteiger partial charge in [-0.1, -0.05) is 18.2 Å². The Morgan fingerprint density at radius 1 is 1.18 bits per heavy atom. The van der Waals surface area contributed by atoms with Gasteiger partial charge in [0.2, 0.25) is 6.04 Å². The first kappa shape index (κ1) is 11.7. The van der Waals surface area contributed by atoms with Gasteiger partial charge in [-0.2, -0.15) is 0 Å². The van der Waals surface area contributed by atoms with Crippen LogP contribution >= 0.6 is 0 Å². The molecule has 0 saturated carbocycles. The van der Waals surface area contributed by atoms with Crippen molar-refractivity contribution >= 4 is 0 Å². The average molecular weight is 239 g/mol. The Bertz CT molecular complexity index is 474. The summed E-state index contributed by atoms with van der Waals surface area (Å²) in [6, 6.07) is 2.72. The highest BCUT2D eigenvalue weighted by Gasteiger charge is 2.33. The molecular formula is C12H11F2NO2. The largest absolute Gasteiger partial charge is 0.264 e. The van der Waals surface area contributed by atoms with Gasteiger partial charge in [0.05, 0.1) is 5.92 Å². The average Bonchev–Trinajstić information content (AvgIpc) is 2.32. The summed E-state index contributed by atoms with van der Waals surface area (Å²) in [5.74, 6) is -2.28. The fraction of sp³-hybridized carbons (Fsp3) is 0.333. The van der Waals surface area contributed by atoms with Crippen molar-refractivity contribution in [3.63, 3.8) is 0 Å². The molecule has 0 aromatic heterocycles. The number of allylic oxidation sites excluding steroid dienone is 1. The number of benzene rings is 1. The molecule has 0 amide bonds. The Morgan fingerprint density at radius 3 is 2.53 bits per heavy atom. The maximum absolute atomic E-state index is 13.1. The van der Waals surface area contributed by atoms with Crippen molar-refractivity contribution < 1.29 is 13.7 Å². The van der Waals surface area contributed by atoms with Crippen molar-refractivity contribution in [1.82, 2.24) is 0 Å². The van der Waals surface area contributed by atoms with Gasteiger partial charge >= 0.3 is 0 Å². The highest BCUT2D eigenvalue weighted by atomic mass is 19.2. The van der Waals surface area contributed by atoms with Crippen molar-refractivity contribution in [3.8, 4) is 0 Å². The third-order valence-corrected chi connectivity index (χ3v) is 3.04. The van der Waals surface area contributed by atoms with E-state index < -0.39 is 17.7 Å². The van der Waals surface area contributed by atoms with Crippen LogP contribution in [0.3, 0.4) is 0 Å². The molecule has 0 spiro atoms. The first-order chi connectivity index (χ1) is 8.09. The molecule has 5 heteroatoms. The summed E-state index contributed by atoms with van der Waals surface area (Å²) in [6.07, 6.45) is 4.41. The van der Waals surface area contributed by atoms with E-state index in [1.165, 1.54) is 6.07 Å². The van der Waals surface area contributed by atoms with Gasteiger partial charge in [-0.15, -0.1) is 0 Å². The lowest BCUT2D eigenvalue weighted by atomic mass is 9.84. The fourth-order valence-electron chi connectivity index (χ4n) is 2.13. The maximum atomic E-state index is 13.1. The third-order valence-electron chi connectivity index (χ3n) is 3.04. The molecule has 0 saturated heterocycles. The molecule has 0 aliphatic heterocycles. The van der Waals surface area contributed by atoms with Crippen LogP contribution in [0.2, 0.25) is 0 Å². The first-order valence-corrected chi connectivity index (χ1v) is 5.33. The van der Waals surface area contributed by atoms with Gasteiger partial charge in [0.25, 0.3) is 0 Å². The number of nitro groups is 1. The van der Waals surface area contributed by atoms with Crippen molar-refractivity contribution in [3.05, 3.63) is 57.7 Å². The smallest absolute Gasteiger partial charge is 0.223 e. The number of nitrogens with zero attached hydrogens (tertiary/aromatic N) is 1. The van der Waals surface area contributed by atoms with Crippen LogP contribution in [0.4, 0.5) is 8.78 Å². The molecule has 2 atom stereocenters. The van der Waals surface area contributed by atoms with Crippen molar-refractivity contribution in [1.29, 1.82) is 0 Å². The standard InChI is InChI=1S/C12H11F2NO2/c13-10-6-5-8(7-11(10)14)9-3-1-2-4-12(9)15(16)17/h1-2,5-7,9,12H,3-4H2. The van der Waals surface area contributed by atoms with Gasteiger partial charge in [0, 0.05) is 11.3 Å². The van der Waals surface area contributed by atoms with Crippen LogP contribution in [0.1, 0.15) is 24.3 Å². The molecule has 0 fully saturated rings. The van der Waals surface area contributed by atoms with Crippen LogP contribution in [0.15, 0.2) is 30.4 Å². The Kier molecular flexibility index (Phi) is 3.17. The minimum Gasteiger partial charge on any atom is -0.264 e. The van der Waals surface area contributed by atoms with E-state index in [2.05, 4.69) is 0 Å². The molecule has 1 aliphatic rings. The third kappa shape index (κ3) is 2.33. The molecule has 0 heterocycles. The fourth-order valence-corrected chi connectivity index (χ4v) is 2.13. The summed E-state index contributed by atoms with van der Waals surface area (Å²) in [5, 5.41) is 10.9. The number of halogens is 2. The Balaban J connectivity index is 2.33. The summed E-state index contributed by atoms with van der Waals surface area (Å²) in [7, 11) is 0. The second-order valence-corrected chi connectivity index (χ2v) is 4.08. The normalized spacial score (nSPS) is 23.6. The van der Waals surface area contributed by atoms with E-state index in [-0.39, 0.29) is 10.8 Å². The SMILES string of the molecule is O=[N+]([O-])C1CC=CCC1c1ccc(F)c(F)c1. The predicted octanol–water partition coefficient (Wildman–Crippen LogP) is 3.04. The van der Waals surface area contributed by atoms with E-state index in [4.69, 9.17) is 0 Å². The van der Waals surface area contributed by atoms with Gasteiger partial charge in [-0.05, 0) is 24.1 Å². The topological polar surface area (TPSA) is 43.1 Å². The van der Waals surface area contributed by atoms with Crippen LogP contribution in [0.5, 0.6) is 0 Å². The van der Waals surface area contributed by atoms with E-state index in [1.807, 2.05) is 6.08 Å². The summed E-state index contributed by atoms with van der Waals surface area (Å²) in [6.45, 7) is 0. The highest BCUT2D eigenvalue weighted by Crippen LogP contribution is 2.31. The van der Waals surface area contributed by atoms with Crippen molar-refractivity contribution in [2.75, 3.05) is 0 Å². The highest BCUT2D eigenvalue weighted by molar-refractivity contribution is 5.25. The lowest BCUT2D eigenvalue weighted by Gasteiger charge is -2.22. The summed E-state index contributed by atoms with van der Waals surface area (Å²) in [4.78, 5) is 10.5. The molecule has 1 aromatic rings. The number of hydrogen-bond acceptors (Lipinski definition) is 2. The van der Waals surface area contributed by atoms with Crippen LogP contribution in [-0.4, -0.2) is 11.0 Å². The zero-order chi connectivity index (χ0) is 12.4. The van der Waals surface area contributed by atoms with Crippen molar-refractivity contribution in [2.24, 2.45) is 0 Å². The van der Waals surface area contributed by atoms with Crippen LogP contribution in [-0.2, 0) is 0 Å². The van der Waals surface area contributed by atoms with Gasteiger partial charge in [0.1, 0.15) is 0 Å². The van der Waals surface area contributed by atoms with Crippen LogP contribution in [0.25, 0.3) is 0 Å². The lowest BCUT2D eigenvalue weighted by Crippen LogP contribution is -2.28. The molecule has 0 radical (unpaired) electrons. The quantitative estimate of drug-likeness (QED) is 0.452. The number of rotatable bonds is 2. The van der Waals surface area contributed by atoms with E-state index in [0.29, 0.717) is 18.4 Å². The molecule has 3 nitrogen and oxygen atoms in total. The van der Waals surface area contributed by atoms with Crippen LogP contribution in [0, 0.1) is 21.7 Å². The molecule has 1 aliphatic carbocycles. The van der Waals surface area contributed by atoms with E-state index in [1.54, 1.807) is 6.08 Å². The molecule has 17 heavy (non-hydrogen) atoms. The molecule has 90 valence electrons. The first-order valence-electron chi connectivity index (χ1n) is 5.33. The minimum absolute atomic E-state index is 0.330. The molecule has 1 aromatic carbocycles. The van der Waals surface area contributed by atoms with E-state index in [9.17, 15) is 18.9 Å². The summed E-state index contributed by atoms with van der Waals surface area (Å²) >= 11 is 0. The summed E-state index contributed by atoms with van der Waals surface area (Å²) in [5.41, 5.74) is 0.481. The Morgan fingerprint density at radius 2 is 1.88 bits per heavy atom. The monoisotopic (exact) mass is 239 g/mol. The van der Waals surface area contributed by atoms with Crippen molar-refractivity contribution in [2.45, 2.75) is 24.8 Å². The number of hydrogen-bond donors (Lipinski definition) is 0. The second-order valence-electron chi connectivity index (χ2n) is 4.08. The molecule has 2 rings (SSSR count). The van der Waals surface area contributed by atoms with E-state index >= 15 is 0 Å². The second kappa shape index (κ2) is 4.61. The van der Waals surface area contributed by atoms with Gasteiger partial charge < -0.3 is 0 Å².